The molecule has 0 aliphatic heterocycles. The fourth-order valence-electron chi connectivity index (χ4n) is 3.03. The molecule has 0 amide bonds. The van der Waals surface area contributed by atoms with Gasteiger partial charge in [0.1, 0.15) is 5.65 Å². The predicted molar refractivity (Wildman–Crippen MR) is 107 cm³/mol. The van der Waals surface area contributed by atoms with Gasteiger partial charge in [-0.25, -0.2) is 4.98 Å². The van der Waals surface area contributed by atoms with Crippen LogP contribution >= 0.6 is 23.2 Å². The summed E-state index contributed by atoms with van der Waals surface area (Å²) in [6, 6.07) is 14.2. The lowest BCUT2D eigenvalue weighted by Crippen LogP contribution is -1.96. The monoisotopic (exact) mass is 381 g/mol. The van der Waals surface area contributed by atoms with Crippen LogP contribution in [-0.2, 0) is 19.3 Å². The first kappa shape index (κ1) is 17.1. The summed E-state index contributed by atoms with van der Waals surface area (Å²) >= 11 is 12.0. The third-order valence-corrected chi connectivity index (χ3v) is 4.91. The zero-order valence-corrected chi connectivity index (χ0v) is 15.6. The molecule has 130 valence electrons. The molecule has 1 N–H and O–H groups in total. The molecule has 3 heterocycles. The van der Waals surface area contributed by atoms with Crippen LogP contribution in [0.5, 0.6) is 0 Å². The van der Waals surface area contributed by atoms with Gasteiger partial charge in [0.05, 0.1) is 5.02 Å². The molecule has 0 unspecified atom stereocenters. The van der Waals surface area contributed by atoms with E-state index in [2.05, 4.69) is 39.2 Å². The van der Waals surface area contributed by atoms with Crippen LogP contribution in [-0.4, -0.2) is 15.0 Å². The van der Waals surface area contributed by atoms with E-state index in [-0.39, 0.29) is 0 Å². The number of hydrogen-bond donors (Lipinski definition) is 1. The van der Waals surface area contributed by atoms with Crippen LogP contribution in [0.25, 0.3) is 11.0 Å². The van der Waals surface area contributed by atoms with E-state index in [1.54, 1.807) is 6.20 Å². The first-order chi connectivity index (χ1) is 12.7. The van der Waals surface area contributed by atoms with Crippen molar-refractivity contribution in [1.29, 1.82) is 0 Å². The maximum absolute atomic E-state index is 6.07. The summed E-state index contributed by atoms with van der Waals surface area (Å²) in [6.45, 7) is 0. The molecule has 3 nitrogen and oxygen atoms in total. The number of fused-ring (bicyclic) bond motifs is 1. The molecular formula is C21H17Cl2N3. The Morgan fingerprint density at radius 2 is 1.62 bits per heavy atom. The third-order valence-electron chi connectivity index (χ3n) is 4.45. The van der Waals surface area contributed by atoms with Gasteiger partial charge < -0.3 is 4.98 Å². The molecule has 0 aliphatic carbocycles. The van der Waals surface area contributed by atoms with E-state index in [0.717, 1.165) is 41.0 Å². The first-order valence-corrected chi connectivity index (χ1v) is 9.23. The second-order valence-corrected chi connectivity index (χ2v) is 7.20. The number of benzene rings is 1. The van der Waals surface area contributed by atoms with E-state index in [1.165, 1.54) is 16.7 Å². The number of nitrogens with one attached hydrogen (secondary N) is 1. The van der Waals surface area contributed by atoms with Gasteiger partial charge in [-0.3, -0.25) is 4.98 Å². The quantitative estimate of drug-likeness (QED) is 0.485. The highest BCUT2D eigenvalue weighted by atomic mass is 35.5. The zero-order chi connectivity index (χ0) is 17.9. The van der Waals surface area contributed by atoms with Crippen LogP contribution in [0.3, 0.4) is 0 Å². The number of H-pyrrole nitrogens is 1. The van der Waals surface area contributed by atoms with Crippen LogP contribution in [0.2, 0.25) is 10.0 Å². The van der Waals surface area contributed by atoms with Gasteiger partial charge in [-0.2, -0.15) is 0 Å². The van der Waals surface area contributed by atoms with Gasteiger partial charge >= 0.3 is 0 Å². The van der Waals surface area contributed by atoms with Crippen molar-refractivity contribution in [3.8, 4) is 0 Å². The topological polar surface area (TPSA) is 41.6 Å². The van der Waals surface area contributed by atoms with Crippen LogP contribution < -0.4 is 0 Å². The summed E-state index contributed by atoms with van der Waals surface area (Å²) in [5.41, 5.74) is 5.56. The summed E-state index contributed by atoms with van der Waals surface area (Å²) in [5.74, 6) is 0. The molecule has 5 heteroatoms. The molecule has 0 bridgehead atoms. The normalized spacial score (nSPS) is 11.2. The van der Waals surface area contributed by atoms with Gasteiger partial charge in [-0.1, -0.05) is 41.4 Å². The molecule has 4 rings (SSSR count). The lowest BCUT2D eigenvalue weighted by atomic mass is 10.0. The molecule has 0 saturated heterocycles. The predicted octanol–water partition coefficient (Wildman–Crippen LogP) is 5.64. The molecule has 3 aromatic heterocycles. The number of hydrogen-bond acceptors (Lipinski definition) is 2. The molecule has 1 aromatic carbocycles. The molecule has 26 heavy (non-hydrogen) atoms. The largest absolute Gasteiger partial charge is 0.346 e. The SMILES string of the molecule is Clc1ccc(CCc2ccc(Cc3c[nH]c4ncc(Cl)cc34)cn2)cc1. The maximum atomic E-state index is 6.07. The fourth-order valence-corrected chi connectivity index (χ4v) is 3.31. The molecule has 4 aromatic rings. The van der Waals surface area contributed by atoms with Crippen molar-refractivity contribution >= 4 is 34.2 Å². The minimum atomic E-state index is 0.647. The Morgan fingerprint density at radius 3 is 2.38 bits per heavy atom. The number of pyridine rings is 2. The van der Waals surface area contributed by atoms with E-state index >= 15 is 0 Å². The standard InChI is InChI=1S/C21H17Cl2N3/c22-17-5-1-14(2-6-17)3-7-19-8-4-15(11-24-19)9-16-12-25-21-20(16)10-18(23)13-26-21/h1-2,4-6,8,10-13H,3,7,9H2,(H,25,26). The number of aromatic nitrogens is 3. The summed E-state index contributed by atoms with van der Waals surface area (Å²) < 4.78 is 0. The molecular weight excluding hydrogens is 365 g/mol. The molecule has 0 atom stereocenters. The molecule has 0 saturated carbocycles. The van der Waals surface area contributed by atoms with Crippen LogP contribution in [0.15, 0.2) is 61.1 Å². The van der Waals surface area contributed by atoms with Crippen LogP contribution in [0.1, 0.15) is 22.4 Å². The molecule has 0 spiro atoms. The molecule has 0 fully saturated rings. The van der Waals surface area contributed by atoms with Crippen molar-refractivity contribution in [2.75, 3.05) is 0 Å². The highest BCUT2D eigenvalue weighted by molar-refractivity contribution is 6.31. The number of rotatable bonds is 5. The Hall–Kier alpha value is -2.36. The van der Waals surface area contributed by atoms with E-state index in [0.29, 0.717) is 5.02 Å². The zero-order valence-electron chi connectivity index (χ0n) is 14.0. The second-order valence-electron chi connectivity index (χ2n) is 6.32. The average Bonchev–Trinajstić information content (AvgIpc) is 3.04. The van der Waals surface area contributed by atoms with Crippen molar-refractivity contribution < 1.29 is 0 Å². The number of aryl methyl sites for hydroxylation is 2. The van der Waals surface area contributed by atoms with Crippen molar-refractivity contribution in [2.45, 2.75) is 19.3 Å². The fraction of sp³-hybridized carbons (Fsp3) is 0.143. The van der Waals surface area contributed by atoms with E-state index in [9.17, 15) is 0 Å². The maximum Gasteiger partial charge on any atom is 0.137 e. The van der Waals surface area contributed by atoms with Crippen LogP contribution in [0.4, 0.5) is 0 Å². The van der Waals surface area contributed by atoms with Gasteiger partial charge in [-0.15, -0.1) is 0 Å². The van der Waals surface area contributed by atoms with Gasteiger partial charge in [0.15, 0.2) is 0 Å². The summed E-state index contributed by atoms with van der Waals surface area (Å²) in [7, 11) is 0. The van der Waals surface area contributed by atoms with Gasteiger partial charge in [0.2, 0.25) is 0 Å². The average molecular weight is 382 g/mol. The van der Waals surface area contributed by atoms with E-state index < -0.39 is 0 Å². The first-order valence-electron chi connectivity index (χ1n) is 8.47. The second kappa shape index (κ2) is 7.48. The Kier molecular flexibility index (Phi) is 4.91. The Balaban J connectivity index is 1.43. The summed E-state index contributed by atoms with van der Waals surface area (Å²) in [6.07, 6.45) is 8.26. The van der Waals surface area contributed by atoms with Crippen molar-refractivity contribution in [3.05, 3.63) is 93.5 Å². The minimum absolute atomic E-state index is 0.647. The Morgan fingerprint density at radius 1 is 0.808 bits per heavy atom. The Bertz CT molecular complexity index is 1020. The van der Waals surface area contributed by atoms with E-state index in [4.69, 9.17) is 23.2 Å². The van der Waals surface area contributed by atoms with Gasteiger partial charge in [0.25, 0.3) is 0 Å². The van der Waals surface area contributed by atoms with Crippen molar-refractivity contribution in [2.24, 2.45) is 0 Å². The Labute approximate surface area is 162 Å². The third kappa shape index (κ3) is 3.90. The minimum Gasteiger partial charge on any atom is -0.346 e. The highest BCUT2D eigenvalue weighted by Gasteiger charge is 2.07. The molecule has 0 aliphatic rings. The lowest BCUT2D eigenvalue weighted by molar-refractivity contribution is 0.908. The smallest absolute Gasteiger partial charge is 0.137 e. The van der Waals surface area contributed by atoms with Gasteiger partial charge in [0, 0.05) is 41.1 Å². The van der Waals surface area contributed by atoms with E-state index in [1.807, 2.05) is 30.6 Å². The van der Waals surface area contributed by atoms with Crippen molar-refractivity contribution in [3.63, 3.8) is 0 Å². The number of halogens is 2. The number of nitrogens with zero attached hydrogens (tertiary/aromatic N) is 2. The molecule has 0 radical (unpaired) electrons. The highest BCUT2D eigenvalue weighted by Crippen LogP contribution is 2.22. The number of aromatic amines is 1. The van der Waals surface area contributed by atoms with Crippen molar-refractivity contribution in [1.82, 2.24) is 15.0 Å². The lowest BCUT2D eigenvalue weighted by Gasteiger charge is -2.04. The summed E-state index contributed by atoms with van der Waals surface area (Å²) in [4.78, 5) is 12.1. The summed E-state index contributed by atoms with van der Waals surface area (Å²) in [5, 5.41) is 2.48. The van der Waals surface area contributed by atoms with Gasteiger partial charge in [-0.05, 0) is 53.8 Å². The van der Waals surface area contributed by atoms with Crippen LogP contribution in [0, 0.1) is 0 Å².